The number of methoxy groups -OCH3 is 1. The van der Waals surface area contributed by atoms with Crippen molar-refractivity contribution in [3.8, 4) is 16.3 Å². The quantitative estimate of drug-likeness (QED) is 0.184. The lowest BCUT2D eigenvalue weighted by Crippen LogP contribution is -2.46. The molecule has 2 bridgehead atoms. The summed E-state index contributed by atoms with van der Waals surface area (Å²) in [7, 11) is 1.68. The van der Waals surface area contributed by atoms with Crippen molar-refractivity contribution in [1.29, 1.82) is 0 Å². The van der Waals surface area contributed by atoms with Crippen molar-refractivity contribution < 1.29 is 28.6 Å². The van der Waals surface area contributed by atoms with Gasteiger partial charge in [0.05, 0.1) is 35.3 Å². The van der Waals surface area contributed by atoms with Gasteiger partial charge in [0.25, 0.3) is 5.91 Å². The second-order valence-electron chi connectivity index (χ2n) is 18.4. The highest BCUT2D eigenvalue weighted by Gasteiger charge is 2.50. The highest BCUT2D eigenvalue weighted by atomic mass is 32.1. The van der Waals surface area contributed by atoms with Gasteiger partial charge in [-0.1, -0.05) is 6.07 Å². The number of alkyl carbamates (subject to hydrolysis) is 2. The molecule has 4 aliphatic rings. The number of hydrogen-bond acceptors (Lipinski definition) is 8. The molecule has 2 saturated carbocycles. The van der Waals surface area contributed by atoms with Gasteiger partial charge in [0, 0.05) is 58.9 Å². The maximum atomic E-state index is 14.2. The second-order valence-corrected chi connectivity index (χ2v) is 19.4. The minimum atomic E-state index is -0.585. The summed E-state index contributed by atoms with van der Waals surface area (Å²) in [6.45, 7) is 16.7. The molecule has 2 aromatic carbocycles. The number of aryl methyl sites for hydroxylation is 1. The highest BCUT2D eigenvalue weighted by molar-refractivity contribution is 7.22. The zero-order valence-electron chi connectivity index (χ0n) is 34.1. The molecule has 4 heterocycles. The Kier molecular flexibility index (Phi) is 9.94. The molecule has 8 rings (SSSR count). The molecule has 0 spiro atoms. The van der Waals surface area contributed by atoms with Gasteiger partial charge in [-0.05, 0) is 135 Å². The molecule has 4 fully saturated rings. The zero-order chi connectivity index (χ0) is 39.7. The van der Waals surface area contributed by atoms with Crippen LogP contribution in [0.1, 0.15) is 96.0 Å². The Balaban J connectivity index is 1.05. The Bertz CT molecular complexity index is 2170. The molecule has 0 radical (unpaired) electrons. The third-order valence-corrected chi connectivity index (χ3v) is 13.1. The van der Waals surface area contributed by atoms with Crippen LogP contribution in [0, 0.1) is 18.8 Å². The van der Waals surface area contributed by atoms with E-state index in [4.69, 9.17) is 14.2 Å². The van der Waals surface area contributed by atoms with Crippen LogP contribution in [0.2, 0.25) is 0 Å². The monoisotopic (exact) mass is 783 g/mol. The average molecular weight is 784 g/mol. The summed E-state index contributed by atoms with van der Waals surface area (Å²) in [5.41, 5.74) is 4.30. The van der Waals surface area contributed by atoms with E-state index in [1.54, 1.807) is 18.4 Å². The minimum absolute atomic E-state index is 0.0268. The van der Waals surface area contributed by atoms with E-state index in [2.05, 4.69) is 51.3 Å². The van der Waals surface area contributed by atoms with Crippen LogP contribution < -0.4 is 20.3 Å². The van der Waals surface area contributed by atoms with E-state index in [1.807, 2.05) is 58.6 Å². The van der Waals surface area contributed by atoms with Crippen LogP contribution in [-0.4, -0.2) is 83.6 Å². The molecule has 2 aliphatic carbocycles. The number of fused-ring (bicyclic) bond motifs is 4. The summed E-state index contributed by atoms with van der Waals surface area (Å²) >= 11 is 1.73. The van der Waals surface area contributed by atoms with Crippen molar-refractivity contribution in [1.82, 2.24) is 20.1 Å². The number of piperidine rings is 2. The van der Waals surface area contributed by atoms with Crippen LogP contribution in [-0.2, 0) is 16.0 Å². The molecular weight excluding hydrogens is 727 g/mol. The Labute approximate surface area is 334 Å². The molecule has 56 heavy (non-hydrogen) atoms. The number of nitrogens with one attached hydrogen (secondary N) is 2. The molecule has 2 saturated heterocycles. The zero-order valence-corrected chi connectivity index (χ0v) is 34.9. The first-order valence-corrected chi connectivity index (χ1v) is 21.2. The van der Waals surface area contributed by atoms with Gasteiger partial charge in [-0.3, -0.25) is 4.79 Å². The Morgan fingerprint density at radius 1 is 0.857 bits per heavy atom. The molecule has 2 aliphatic heterocycles. The van der Waals surface area contributed by atoms with Crippen molar-refractivity contribution >= 4 is 56.1 Å². The summed E-state index contributed by atoms with van der Waals surface area (Å²) in [5.74, 6) is 1.55. The number of anilines is 1. The van der Waals surface area contributed by atoms with Crippen LogP contribution >= 0.6 is 11.3 Å². The number of ether oxygens (including phenoxy) is 3. The van der Waals surface area contributed by atoms with Crippen LogP contribution in [0.15, 0.2) is 36.4 Å². The Morgan fingerprint density at radius 3 is 2.21 bits per heavy atom. The Morgan fingerprint density at radius 2 is 1.55 bits per heavy atom. The molecule has 2 aromatic heterocycles. The SMILES string of the molecule is COc1cc(C(=O)N2CC3CCC2[C@@H]3NC(=O)OC(C)(C)C)cc2sc(-c3cc4ccc(N5CCC(NC(=O)OC(C)(C)C)CC5)cc4n3CC3CC3)c(C)c12. The lowest BCUT2D eigenvalue weighted by Gasteiger charge is -2.34. The van der Waals surface area contributed by atoms with Gasteiger partial charge in [-0.25, -0.2) is 9.59 Å². The molecular formula is C44H57N5O6S. The maximum absolute atomic E-state index is 14.2. The lowest BCUT2D eigenvalue weighted by molar-refractivity contribution is 0.0479. The molecule has 2 N–H and O–H groups in total. The first-order chi connectivity index (χ1) is 26.5. The maximum Gasteiger partial charge on any atom is 0.407 e. The number of amides is 3. The number of benzene rings is 2. The van der Waals surface area contributed by atoms with Crippen molar-refractivity contribution in [3.63, 3.8) is 0 Å². The fourth-order valence-corrected chi connectivity index (χ4v) is 10.4. The summed E-state index contributed by atoms with van der Waals surface area (Å²) in [4.78, 5) is 44.9. The second kappa shape index (κ2) is 14.5. The smallest absolute Gasteiger partial charge is 0.407 e. The number of hydrogen-bond donors (Lipinski definition) is 2. The highest BCUT2D eigenvalue weighted by Crippen LogP contribution is 2.47. The van der Waals surface area contributed by atoms with Crippen molar-refractivity contribution in [2.24, 2.45) is 11.8 Å². The van der Waals surface area contributed by atoms with E-state index in [0.29, 0.717) is 23.8 Å². The molecule has 300 valence electrons. The molecule has 4 aromatic rings. The summed E-state index contributed by atoms with van der Waals surface area (Å²) < 4.78 is 20.6. The molecule has 3 atom stereocenters. The third-order valence-electron chi connectivity index (χ3n) is 11.8. The predicted molar refractivity (Wildman–Crippen MR) is 222 cm³/mol. The number of rotatable bonds is 8. The van der Waals surface area contributed by atoms with Crippen LogP contribution in [0.3, 0.4) is 0 Å². The van der Waals surface area contributed by atoms with Crippen LogP contribution in [0.5, 0.6) is 5.75 Å². The van der Waals surface area contributed by atoms with E-state index in [0.717, 1.165) is 61.0 Å². The summed E-state index contributed by atoms with van der Waals surface area (Å²) in [6, 6.07) is 13.0. The van der Waals surface area contributed by atoms with E-state index < -0.39 is 17.3 Å². The Hall–Kier alpha value is -4.45. The third kappa shape index (κ3) is 7.78. The fraction of sp³-hybridized carbons (Fsp3) is 0.568. The number of thiophene rings is 1. The van der Waals surface area contributed by atoms with Gasteiger partial charge in [-0.15, -0.1) is 11.3 Å². The topological polar surface area (TPSA) is 114 Å². The van der Waals surface area contributed by atoms with E-state index in [9.17, 15) is 14.4 Å². The van der Waals surface area contributed by atoms with Crippen LogP contribution in [0.4, 0.5) is 15.3 Å². The normalized spacial score (nSPS) is 21.5. The number of aromatic nitrogens is 1. The van der Waals surface area contributed by atoms with Gasteiger partial charge < -0.3 is 39.2 Å². The van der Waals surface area contributed by atoms with Gasteiger partial charge in [0.2, 0.25) is 0 Å². The first-order valence-electron chi connectivity index (χ1n) is 20.3. The molecule has 12 heteroatoms. The van der Waals surface area contributed by atoms with E-state index >= 15 is 0 Å². The molecule has 3 amide bonds. The molecule has 2 unspecified atom stereocenters. The van der Waals surface area contributed by atoms with Crippen LogP contribution in [0.25, 0.3) is 31.6 Å². The number of carbonyl (C=O) groups excluding carboxylic acids is 3. The summed E-state index contributed by atoms with van der Waals surface area (Å²) in [6.07, 6.45) is 5.28. The van der Waals surface area contributed by atoms with Crippen molar-refractivity contribution in [2.45, 2.75) is 123 Å². The number of nitrogens with zero attached hydrogens (tertiary/aromatic N) is 3. The average Bonchev–Trinajstić information content (AvgIpc) is 3.48. The van der Waals surface area contributed by atoms with Gasteiger partial charge in [0.1, 0.15) is 17.0 Å². The van der Waals surface area contributed by atoms with Gasteiger partial charge in [-0.2, -0.15) is 0 Å². The standard InChI is InChI=1S/C44H57N5O6S/c1-25-37-35(53-8)20-29(40(50)49-24-28-12-14-32(49)38(28)46-42(52)55-44(5,6)7)21-36(37)56-39(25)34-19-27-11-13-31(22-33(27)48(34)23-26-9-10-26)47-17-15-30(16-18-47)45-41(51)54-43(2,3)4/h11,13,19-22,26,28,30,32,38H,9-10,12,14-18,23-24H2,1-8H3,(H,45,51)(H,46,52)/t28?,32?,38-/m1/s1. The van der Waals surface area contributed by atoms with Crippen molar-refractivity contribution in [2.75, 3.05) is 31.6 Å². The lowest BCUT2D eigenvalue weighted by atomic mass is 10.0. The largest absolute Gasteiger partial charge is 0.496 e. The predicted octanol–water partition coefficient (Wildman–Crippen LogP) is 8.87. The first kappa shape index (κ1) is 38.4. The molecule has 11 nitrogen and oxygen atoms in total. The fourth-order valence-electron chi connectivity index (χ4n) is 9.07. The summed E-state index contributed by atoms with van der Waals surface area (Å²) in [5, 5.41) is 8.41. The van der Waals surface area contributed by atoms with Crippen molar-refractivity contribution in [3.05, 3.63) is 47.5 Å². The number of carbonyl (C=O) groups is 3. The van der Waals surface area contributed by atoms with E-state index in [-0.39, 0.29) is 36.0 Å². The van der Waals surface area contributed by atoms with Gasteiger partial charge >= 0.3 is 12.2 Å². The minimum Gasteiger partial charge on any atom is -0.496 e. The van der Waals surface area contributed by atoms with Gasteiger partial charge in [0.15, 0.2) is 0 Å². The number of likely N-dealkylation sites (tertiary alicyclic amines) is 1. The van der Waals surface area contributed by atoms with E-state index in [1.165, 1.54) is 40.0 Å².